The van der Waals surface area contributed by atoms with E-state index in [2.05, 4.69) is 0 Å². The molecule has 1 unspecified atom stereocenters. The molecule has 26 heavy (non-hydrogen) atoms. The van der Waals surface area contributed by atoms with E-state index in [1.165, 1.54) is 4.90 Å². The van der Waals surface area contributed by atoms with Gasteiger partial charge in [-0.3, -0.25) is 24.2 Å². The molecule has 9 heteroatoms. The first-order chi connectivity index (χ1) is 12.1. The van der Waals surface area contributed by atoms with Crippen LogP contribution >= 0.6 is 0 Å². The monoisotopic (exact) mass is 382 g/mol. The fourth-order valence-electron chi connectivity index (χ4n) is 2.59. The van der Waals surface area contributed by atoms with Crippen LogP contribution in [0.2, 0.25) is 0 Å². The lowest BCUT2D eigenvalue weighted by molar-refractivity contribution is -0.155. The van der Waals surface area contributed by atoms with Gasteiger partial charge >= 0.3 is 5.97 Å². The maximum absolute atomic E-state index is 12.3. The Morgan fingerprint density at radius 2 is 1.73 bits per heavy atom. The normalized spacial score (nSPS) is 15.3. The number of carbonyl (C=O) groups is 3. The molecule has 0 spiro atoms. The Balaban J connectivity index is 2.01. The maximum Gasteiger partial charge on any atom is 0.320 e. The van der Waals surface area contributed by atoms with E-state index in [1.807, 2.05) is 0 Å². The van der Waals surface area contributed by atoms with Gasteiger partial charge in [-0.1, -0.05) is 12.1 Å². The van der Waals surface area contributed by atoms with Crippen LogP contribution < -0.4 is 0 Å². The maximum atomic E-state index is 12.3. The van der Waals surface area contributed by atoms with Crippen molar-refractivity contribution < 1.29 is 27.9 Å². The summed E-state index contributed by atoms with van der Waals surface area (Å²) in [5, 5.41) is 0. The van der Waals surface area contributed by atoms with Crippen LogP contribution in [0.25, 0.3) is 0 Å². The highest BCUT2D eigenvalue weighted by atomic mass is 32.2. The van der Waals surface area contributed by atoms with Gasteiger partial charge in [0.2, 0.25) is 0 Å². The van der Waals surface area contributed by atoms with Crippen molar-refractivity contribution >= 4 is 28.9 Å². The van der Waals surface area contributed by atoms with Crippen LogP contribution in [-0.2, 0) is 20.6 Å². The zero-order valence-electron chi connectivity index (χ0n) is 14.9. The molecule has 1 N–H and O–H groups in total. The molecule has 0 saturated carbocycles. The van der Waals surface area contributed by atoms with Crippen LogP contribution in [-0.4, -0.2) is 67.5 Å². The molecule has 1 aliphatic rings. The van der Waals surface area contributed by atoms with Crippen molar-refractivity contribution in [1.29, 1.82) is 0 Å². The number of hydrogen-bond donors (Lipinski definition) is 1. The van der Waals surface area contributed by atoms with E-state index >= 15 is 0 Å². The molecule has 0 aromatic heterocycles. The average molecular weight is 382 g/mol. The minimum absolute atomic E-state index is 0.00629. The summed E-state index contributed by atoms with van der Waals surface area (Å²) in [6, 6.07) is 6.52. The first-order valence-corrected chi connectivity index (χ1v) is 9.33. The van der Waals surface area contributed by atoms with Crippen molar-refractivity contribution in [2.24, 2.45) is 0 Å². The fraction of sp³-hybridized carbons (Fsp3) is 0.471. The summed E-state index contributed by atoms with van der Waals surface area (Å²) in [7, 11) is 0. The number of carbonyl (C=O) groups excluding carboxylic acids is 3. The zero-order valence-corrected chi connectivity index (χ0v) is 15.7. The lowest BCUT2D eigenvalue weighted by atomic mass is 10.1. The smallest absolute Gasteiger partial charge is 0.320 e. The largest absolute Gasteiger partial charge is 0.459 e. The minimum atomic E-state index is -2.17. The lowest BCUT2D eigenvalue weighted by Gasteiger charge is -2.25. The Morgan fingerprint density at radius 1 is 1.19 bits per heavy atom. The number of esters is 1. The Kier molecular flexibility index (Phi) is 6.27. The molecule has 0 aliphatic carbocycles. The molecule has 2 amide bonds. The van der Waals surface area contributed by atoms with Crippen molar-refractivity contribution in [3.63, 3.8) is 0 Å². The van der Waals surface area contributed by atoms with Crippen LogP contribution in [0.5, 0.6) is 0 Å². The van der Waals surface area contributed by atoms with Gasteiger partial charge in [0.25, 0.3) is 11.8 Å². The molecule has 0 fully saturated rings. The van der Waals surface area contributed by atoms with Gasteiger partial charge in [-0.05, 0) is 32.9 Å². The molecule has 0 radical (unpaired) electrons. The fourth-order valence-corrected chi connectivity index (χ4v) is 3.12. The second-order valence-electron chi connectivity index (χ2n) is 6.90. The van der Waals surface area contributed by atoms with Crippen molar-refractivity contribution in [2.45, 2.75) is 26.4 Å². The highest BCUT2D eigenvalue weighted by Gasteiger charge is 2.35. The van der Waals surface area contributed by atoms with Crippen LogP contribution in [0.15, 0.2) is 24.3 Å². The number of rotatable bonds is 7. The third kappa shape index (κ3) is 5.20. The van der Waals surface area contributed by atoms with Crippen molar-refractivity contribution in [3.05, 3.63) is 35.4 Å². The molecule has 1 aromatic carbocycles. The average Bonchev–Trinajstić information content (AvgIpc) is 2.75. The molecule has 1 aliphatic heterocycles. The predicted octanol–water partition coefficient (Wildman–Crippen LogP) is 1.11. The summed E-state index contributed by atoms with van der Waals surface area (Å²) in [6.07, 6.45) is 0. The number of imide groups is 1. The Hall–Kier alpha value is -2.10. The summed E-state index contributed by atoms with van der Waals surface area (Å²) < 4.78 is 25.5. The van der Waals surface area contributed by atoms with Crippen LogP contribution in [0, 0.1) is 0 Å². The molecule has 8 nitrogen and oxygen atoms in total. The third-order valence-corrected chi connectivity index (χ3v) is 4.17. The Morgan fingerprint density at radius 3 is 2.19 bits per heavy atom. The zero-order chi connectivity index (χ0) is 19.5. The molecule has 0 saturated heterocycles. The van der Waals surface area contributed by atoms with Gasteiger partial charge in [0.1, 0.15) is 11.5 Å². The van der Waals surface area contributed by atoms with Crippen molar-refractivity contribution in [2.75, 3.05) is 25.5 Å². The molecule has 2 rings (SSSR count). The van der Waals surface area contributed by atoms with E-state index < -0.39 is 34.5 Å². The highest BCUT2D eigenvalue weighted by Crippen LogP contribution is 2.22. The molecule has 1 atom stereocenters. The molecule has 1 aromatic rings. The first kappa shape index (κ1) is 20.2. The molecular weight excluding hydrogens is 360 g/mol. The third-order valence-electron chi connectivity index (χ3n) is 3.58. The standard InChI is InChI=1S/C17H22N2O6S/c1-17(2,3)25-14(20)10-18(11-26(23)24)8-9-19-15(21)12-6-4-5-7-13(12)16(19)22/h4-7H,8-11H2,1-3H3,(H,23,24). The van der Waals surface area contributed by atoms with Crippen LogP contribution in [0.4, 0.5) is 0 Å². The topological polar surface area (TPSA) is 104 Å². The van der Waals surface area contributed by atoms with Gasteiger partial charge in [-0.2, -0.15) is 0 Å². The van der Waals surface area contributed by atoms with Gasteiger partial charge < -0.3 is 9.29 Å². The Labute approximate surface area is 154 Å². The number of ether oxygens (including phenoxy) is 1. The second-order valence-corrected chi connectivity index (χ2v) is 7.80. The summed E-state index contributed by atoms with van der Waals surface area (Å²) in [4.78, 5) is 39.1. The van der Waals surface area contributed by atoms with Gasteiger partial charge in [-0.15, -0.1) is 0 Å². The van der Waals surface area contributed by atoms with E-state index in [0.29, 0.717) is 11.1 Å². The predicted molar refractivity (Wildman–Crippen MR) is 94.9 cm³/mol. The summed E-state index contributed by atoms with van der Waals surface area (Å²) in [6.45, 7) is 5.03. The van der Waals surface area contributed by atoms with E-state index in [4.69, 9.17) is 9.29 Å². The Bertz CT molecular complexity index is 708. The van der Waals surface area contributed by atoms with Gasteiger partial charge in [0.05, 0.1) is 17.7 Å². The molecule has 1 heterocycles. The number of hydrogen-bond acceptors (Lipinski definition) is 6. The van der Waals surface area contributed by atoms with Crippen molar-refractivity contribution in [3.8, 4) is 0 Å². The van der Waals surface area contributed by atoms with Gasteiger partial charge in [0.15, 0.2) is 11.1 Å². The summed E-state index contributed by atoms with van der Waals surface area (Å²) in [5.74, 6) is -1.66. The van der Waals surface area contributed by atoms with E-state index in [1.54, 1.807) is 45.0 Å². The van der Waals surface area contributed by atoms with E-state index in [0.717, 1.165) is 4.90 Å². The number of amides is 2. The van der Waals surface area contributed by atoms with Crippen LogP contribution in [0.1, 0.15) is 41.5 Å². The summed E-state index contributed by atoms with van der Waals surface area (Å²) >= 11 is -2.17. The van der Waals surface area contributed by atoms with E-state index in [-0.39, 0.29) is 25.5 Å². The van der Waals surface area contributed by atoms with Gasteiger partial charge in [0, 0.05) is 13.1 Å². The number of fused-ring (bicyclic) bond motifs is 1. The highest BCUT2D eigenvalue weighted by molar-refractivity contribution is 7.79. The number of nitrogens with zero attached hydrogens (tertiary/aromatic N) is 2. The van der Waals surface area contributed by atoms with Crippen molar-refractivity contribution in [1.82, 2.24) is 9.80 Å². The number of benzene rings is 1. The summed E-state index contributed by atoms with van der Waals surface area (Å²) in [5.41, 5.74) is -0.00670. The lowest BCUT2D eigenvalue weighted by Crippen LogP contribution is -2.42. The SMILES string of the molecule is CC(C)(C)OC(=O)CN(CCN1C(=O)c2ccccc2C1=O)CS(=O)O. The van der Waals surface area contributed by atoms with Gasteiger partial charge in [-0.25, -0.2) is 4.21 Å². The molecular formula is C17H22N2O6S. The molecule has 142 valence electrons. The van der Waals surface area contributed by atoms with E-state index in [9.17, 15) is 18.6 Å². The second kappa shape index (κ2) is 8.07. The van der Waals surface area contributed by atoms with Crippen LogP contribution in [0.3, 0.4) is 0 Å². The quantitative estimate of drug-likeness (QED) is 0.428. The molecule has 0 bridgehead atoms. The minimum Gasteiger partial charge on any atom is -0.459 e. The first-order valence-electron chi connectivity index (χ1n) is 8.05.